The molecule has 1 N–H and O–H groups in total. The van der Waals surface area contributed by atoms with E-state index in [-0.39, 0.29) is 18.0 Å². The zero-order valence-electron chi connectivity index (χ0n) is 19.8. The van der Waals surface area contributed by atoms with Crippen LogP contribution in [-0.4, -0.2) is 34.1 Å². The molecule has 0 saturated carbocycles. The second-order valence-electron chi connectivity index (χ2n) is 8.21. The van der Waals surface area contributed by atoms with Crippen molar-refractivity contribution in [3.8, 4) is 11.5 Å². The third-order valence-corrected chi connectivity index (χ3v) is 7.56. The number of aliphatic imine (C=N–C) groups is 1. The third-order valence-electron chi connectivity index (χ3n) is 5.65. The first-order valence-corrected chi connectivity index (χ1v) is 13.1. The van der Waals surface area contributed by atoms with E-state index in [1.54, 1.807) is 24.3 Å². The smallest absolute Gasteiger partial charge is 0.283 e. The second-order valence-corrected chi connectivity index (χ2v) is 10.4. The Morgan fingerprint density at radius 1 is 1.16 bits per heavy atom. The van der Waals surface area contributed by atoms with Gasteiger partial charge in [0.2, 0.25) is 5.17 Å². The standard InChI is InChI=1S/C27H20BrClN4O3S/c1-15-7-9-17(10-8-15)26-32-33-24(30)19(25(34)31-27(33)37-26)11-16-12-20(28)23(22(13-16)35-2)36-14-18-5-3-4-6-21(18)29/h3-13,30H,14H2,1-2H3. The van der Waals surface area contributed by atoms with Crippen LogP contribution in [0.25, 0.3) is 6.08 Å². The Morgan fingerprint density at radius 3 is 2.65 bits per heavy atom. The number of amides is 1. The van der Waals surface area contributed by atoms with E-state index in [0.29, 0.717) is 36.8 Å². The number of methoxy groups -OCH3 is 1. The molecule has 0 bridgehead atoms. The van der Waals surface area contributed by atoms with Crippen LogP contribution in [0.1, 0.15) is 22.3 Å². The van der Waals surface area contributed by atoms with E-state index in [0.717, 1.165) is 16.7 Å². The number of rotatable bonds is 6. The zero-order chi connectivity index (χ0) is 26.1. The van der Waals surface area contributed by atoms with Gasteiger partial charge in [0.1, 0.15) is 11.7 Å². The SMILES string of the molecule is COc1cc(C=C2C(=N)N3N=C(c4ccc(C)cc4)SC3=NC2=O)cc(Br)c1OCc1ccccc1Cl. The molecule has 0 fully saturated rings. The summed E-state index contributed by atoms with van der Waals surface area (Å²) in [5.41, 5.74) is 3.64. The molecule has 0 radical (unpaired) electrons. The number of ether oxygens (including phenoxy) is 2. The second kappa shape index (κ2) is 10.5. The lowest BCUT2D eigenvalue weighted by Crippen LogP contribution is -2.35. The first-order chi connectivity index (χ1) is 17.8. The van der Waals surface area contributed by atoms with E-state index >= 15 is 0 Å². The van der Waals surface area contributed by atoms with Gasteiger partial charge in [-0.3, -0.25) is 10.2 Å². The highest BCUT2D eigenvalue weighted by Gasteiger charge is 2.36. The predicted octanol–water partition coefficient (Wildman–Crippen LogP) is 6.67. The Hall–Kier alpha value is -3.40. The summed E-state index contributed by atoms with van der Waals surface area (Å²) in [4.78, 5) is 17.1. The van der Waals surface area contributed by atoms with Crippen molar-refractivity contribution >= 4 is 67.3 Å². The summed E-state index contributed by atoms with van der Waals surface area (Å²) in [7, 11) is 1.54. The molecule has 0 unspecified atom stereocenters. The Morgan fingerprint density at radius 2 is 1.92 bits per heavy atom. The minimum absolute atomic E-state index is 0.0428. The average molecular weight is 596 g/mol. The number of aryl methyl sites for hydroxylation is 1. The number of nitrogens with one attached hydrogen (secondary N) is 1. The molecule has 37 heavy (non-hydrogen) atoms. The van der Waals surface area contributed by atoms with Crippen LogP contribution < -0.4 is 9.47 Å². The summed E-state index contributed by atoms with van der Waals surface area (Å²) in [5.74, 6) is 0.416. The molecule has 186 valence electrons. The molecule has 3 aromatic rings. The summed E-state index contributed by atoms with van der Waals surface area (Å²) in [6.45, 7) is 2.26. The van der Waals surface area contributed by atoms with Crippen LogP contribution in [-0.2, 0) is 11.4 Å². The van der Waals surface area contributed by atoms with Crippen LogP contribution in [0, 0.1) is 12.3 Å². The number of amidine groups is 2. The maximum atomic E-state index is 12.9. The highest BCUT2D eigenvalue weighted by atomic mass is 79.9. The van der Waals surface area contributed by atoms with Crippen molar-refractivity contribution < 1.29 is 14.3 Å². The number of carbonyl (C=O) groups excluding carboxylic acids is 1. The average Bonchev–Trinajstić information content (AvgIpc) is 3.31. The lowest BCUT2D eigenvalue weighted by atomic mass is 10.1. The summed E-state index contributed by atoms with van der Waals surface area (Å²) in [6.07, 6.45) is 1.60. The van der Waals surface area contributed by atoms with Crippen LogP contribution in [0.2, 0.25) is 5.02 Å². The van der Waals surface area contributed by atoms with Gasteiger partial charge in [-0.2, -0.15) is 15.1 Å². The molecule has 2 heterocycles. The fourth-order valence-electron chi connectivity index (χ4n) is 3.70. The number of hydrogen-bond acceptors (Lipinski definition) is 6. The number of carbonyl (C=O) groups is 1. The molecular formula is C27H20BrClN4O3S. The molecule has 0 spiro atoms. The fourth-order valence-corrected chi connectivity index (χ4v) is 5.36. The van der Waals surface area contributed by atoms with Gasteiger partial charge in [-0.1, -0.05) is 59.6 Å². The van der Waals surface area contributed by atoms with Gasteiger partial charge in [-0.05, 0) is 64.5 Å². The first-order valence-electron chi connectivity index (χ1n) is 11.1. The number of hydrogen-bond donors (Lipinski definition) is 1. The molecule has 1 amide bonds. The Balaban J connectivity index is 1.41. The maximum absolute atomic E-state index is 12.9. The van der Waals surface area contributed by atoms with Gasteiger partial charge in [0.05, 0.1) is 17.2 Å². The number of fused-ring (bicyclic) bond motifs is 1. The predicted molar refractivity (Wildman–Crippen MR) is 152 cm³/mol. The maximum Gasteiger partial charge on any atom is 0.283 e. The normalized spacial score (nSPS) is 16.0. The van der Waals surface area contributed by atoms with Crippen LogP contribution in [0.4, 0.5) is 0 Å². The minimum atomic E-state index is -0.502. The quantitative estimate of drug-likeness (QED) is 0.322. The summed E-state index contributed by atoms with van der Waals surface area (Å²) in [6, 6.07) is 18.9. The molecule has 2 aliphatic heterocycles. The Kier molecular flexibility index (Phi) is 7.19. The molecule has 10 heteroatoms. The summed E-state index contributed by atoms with van der Waals surface area (Å²) >= 11 is 11.1. The van der Waals surface area contributed by atoms with Crippen molar-refractivity contribution in [2.75, 3.05) is 7.11 Å². The van der Waals surface area contributed by atoms with Gasteiger partial charge in [-0.15, -0.1) is 0 Å². The van der Waals surface area contributed by atoms with E-state index in [9.17, 15) is 4.79 Å². The van der Waals surface area contributed by atoms with Gasteiger partial charge < -0.3 is 9.47 Å². The number of benzene rings is 3. The number of nitrogens with zero attached hydrogens (tertiary/aromatic N) is 3. The van der Waals surface area contributed by atoms with Crippen molar-refractivity contribution in [1.82, 2.24) is 5.01 Å². The molecule has 0 atom stereocenters. The molecule has 7 nitrogen and oxygen atoms in total. The molecule has 5 rings (SSSR count). The first kappa shape index (κ1) is 25.3. The van der Waals surface area contributed by atoms with Crippen molar-refractivity contribution in [3.63, 3.8) is 0 Å². The van der Waals surface area contributed by atoms with E-state index in [4.69, 9.17) is 26.5 Å². The van der Waals surface area contributed by atoms with Gasteiger partial charge in [0.15, 0.2) is 17.3 Å². The number of thioether (sulfide) groups is 1. The Labute approximate surface area is 231 Å². The van der Waals surface area contributed by atoms with Gasteiger partial charge in [0.25, 0.3) is 5.91 Å². The molecule has 0 aliphatic carbocycles. The highest BCUT2D eigenvalue weighted by Crippen LogP contribution is 2.39. The zero-order valence-corrected chi connectivity index (χ0v) is 22.9. The fraction of sp³-hybridized carbons (Fsp3) is 0.111. The third kappa shape index (κ3) is 5.20. The monoisotopic (exact) mass is 594 g/mol. The lowest BCUT2D eigenvalue weighted by Gasteiger charge is -2.20. The van der Waals surface area contributed by atoms with Crippen molar-refractivity contribution in [2.24, 2.45) is 10.1 Å². The van der Waals surface area contributed by atoms with Crippen molar-refractivity contribution in [2.45, 2.75) is 13.5 Å². The molecular weight excluding hydrogens is 576 g/mol. The van der Waals surface area contributed by atoms with Crippen molar-refractivity contribution in [3.05, 3.63) is 98.0 Å². The van der Waals surface area contributed by atoms with Gasteiger partial charge in [-0.25, -0.2) is 0 Å². The van der Waals surface area contributed by atoms with Crippen LogP contribution in [0.15, 0.2) is 80.8 Å². The van der Waals surface area contributed by atoms with Gasteiger partial charge >= 0.3 is 0 Å². The van der Waals surface area contributed by atoms with E-state index in [1.807, 2.05) is 49.4 Å². The topological polar surface area (TPSA) is 87.3 Å². The Bertz CT molecular complexity index is 1520. The largest absolute Gasteiger partial charge is 0.493 e. The summed E-state index contributed by atoms with van der Waals surface area (Å²) < 4.78 is 12.2. The minimum Gasteiger partial charge on any atom is -0.493 e. The van der Waals surface area contributed by atoms with E-state index < -0.39 is 5.91 Å². The lowest BCUT2D eigenvalue weighted by molar-refractivity contribution is -0.114. The van der Waals surface area contributed by atoms with Crippen LogP contribution >= 0.6 is 39.3 Å². The van der Waals surface area contributed by atoms with Crippen molar-refractivity contribution in [1.29, 1.82) is 5.41 Å². The number of halogens is 2. The van der Waals surface area contributed by atoms with E-state index in [2.05, 4.69) is 26.0 Å². The highest BCUT2D eigenvalue weighted by molar-refractivity contribution is 9.10. The number of hydrazone groups is 1. The van der Waals surface area contributed by atoms with Gasteiger partial charge in [0, 0.05) is 16.1 Å². The molecule has 2 aliphatic rings. The molecule has 3 aromatic carbocycles. The van der Waals surface area contributed by atoms with E-state index in [1.165, 1.54) is 23.9 Å². The molecule has 0 aromatic heterocycles. The summed E-state index contributed by atoms with van der Waals surface area (Å²) in [5, 5.41) is 16.3. The molecule has 0 saturated heterocycles. The van der Waals surface area contributed by atoms with Crippen LogP contribution in [0.5, 0.6) is 11.5 Å². The van der Waals surface area contributed by atoms with Crippen LogP contribution in [0.3, 0.4) is 0 Å².